The summed E-state index contributed by atoms with van der Waals surface area (Å²) in [6.07, 6.45) is 2.89. The van der Waals surface area contributed by atoms with Crippen LogP contribution in [-0.4, -0.2) is 23.5 Å². The second-order valence-corrected chi connectivity index (χ2v) is 6.43. The number of halogens is 1. The predicted octanol–water partition coefficient (Wildman–Crippen LogP) is 2.78. The molecule has 1 fully saturated rings. The number of amides is 1. The molecule has 4 nitrogen and oxygen atoms in total. The topological polar surface area (TPSA) is 66.4 Å². The molecule has 1 aromatic heterocycles. The number of carboxylic acid groups (broad SMARTS) is 1. The molecule has 18 heavy (non-hydrogen) atoms. The molecule has 2 rings (SSSR count). The lowest BCUT2D eigenvalue weighted by molar-refractivity contribution is -0.141. The van der Waals surface area contributed by atoms with Crippen molar-refractivity contribution in [1.29, 1.82) is 0 Å². The van der Waals surface area contributed by atoms with Gasteiger partial charge in [0.2, 0.25) is 0 Å². The van der Waals surface area contributed by atoms with Crippen molar-refractivity contribution < 1.29 is 14.7 Å². The van der Waals surface area contributed by atoms with Gasteiger partial charge in [0.05, 0.1) is 15.6 Å². The third-order valence-electron chi connectivity index (χ3n) is 3.36. The van der Waals surface area contributed by atoms with Gasteiger partial charge >= 0.3 is 5.97 Å². The van der Waals surface area contributed by atoms with Gasteiger partial charge in [-0.3, -0.25) is 9.59 Å². The summed E-state index contributed by atoms with van der Waals surface area (Å²) in [6.45, 7) is 0.424. The Labute approximate surface area is 114 Å². The average Bonchev–Trinajstić information content (AvgIpc) is 2.68. The number of aliphatic carboxylic acids is 1. The molecule has 0 atom stereocenters. The van der Waals surface area contributed by atoms with E-state index in [-0.39, 0.29) is 17.7 Å². The first-order chi connectivity index (χ1) is 8.51. The van der Waals surface area contributed by atoms with Gasteiger partial charge in [0.1, 0.15) is 0 Å². The van der Waals surface area contributed by atoms with E-state index in [1.807, 2.05) is 0 Å². The summed E-state index contributed by atoms with van der Waals surface area (Å²) in [6, 6.07) is 3.35. The van der Waals surface area contributed by atoms with Crippen LogP contribution in [0.25, 0.3) is 0 Å². The van der Waals surface area contributed by atoms with Crippen molar-refractivity contribution >= 4 is 34.8 Å². The summed E-state index contributed by atoms with van der Waals surface area (Å²) in [5, 5.41) is 11.7. The number of nitrogens with one attached hydrogen (secondary N) is 1. The predicted molar refractivity (Wildman–Crippen MR) is 70.2 cm³/mol. The molecule has 1 saturated carbocycles. The summed E-state index contributed by atoms with van der Waals surface area (Å²) in [5.74, 6) is -0.980. The SMILES string of the molecule is O=C(O)CC1(CNC(=O)c2ccc(Cl)s2)CCC1. The van der Waals surface area contributed by atoms with Crippen molar-refractivity contribution in [3.63, 3.8) is 0 Å². The standard InChI is InChI=1S/C12H14ClNO3S/c13-9-3-2-8(18-9)11(17)14-7-12(4-1-5-12)6-10(15)16/h2-3H,1,4-7H2,(H,14,17)(H,15,16). The molecule has 98 valence electrons. The highest BCUT2D eigenvalue weighted by molar-refractivity contribution is 7.17. The Hall–Kier alpha value is -1.07. The molecule has 1 heterocycles. The van der Waals surface area contributed by atoms with Crippen LogP contribution >= 0.6 is 22.9 Å². The van der Waals surface area contributed by atoms with Crippen LogP contribution in [0.5, 0.6) is 0 Å². The molecule has 0 aliphatic heterocycles. The third kappa shape index (κ3) is 3.03. The first-order valence-electron chi connectivity index (χ1n) is 5.76. The zero-order chi connectivity index (χ0) is 13.2. The number of carbonyl (C=O) groups is 2. The van der Waals surface area contributed by atoms with Crippen molar-refractivity contribution in [2.24, 2.45) is 5.41 Å². The van der Waals surface area contributed by atoms with Crippen molar-refractivity contribution in [1.82, 2.24) is 5.32 Å². The Bertz CT molecular complexity index is 468. The van der Waals surface area contributed by atoms with Crippen LogP contribution in [0, 0.1) is 5.41 Å². The van der Waals surface area contributed by atoms with Gasteiger partial charge in [0, 0.05) is 6.54 Å². The Morgan fingerprint density at radius 3 is 2.61 bits per heavy atom. The Morgan fingerprint density at radius 1 is 1.44 bits per heavy atom. The first kappa shape index (κ1) is 13.4. The molecule has 2 N–H and O–H groups in total. The molecule has 0 spiro atoms. The zero-order valence-corrected chi connectivity index (χ0v) is 11.3. The van der Waals surface area contributed by atoms with E-state index in [4.69, 9.17) is 16.7 Å². The van der Waals surface area contributed by atoms with Crippen LogP contribution in [0.2, 0.25) is 4.34 Å². The van der Waals surface area contributed by atoms with E-state index in [0.717, 1.165) is 19.3 Å². The van der Waals surface area contributed by atoms with Crippen LogP contribution in [-0.2, 0) is 4.79 Å². The van der Waals surface area contributed by atoms with E-state index >= 15 is 0 Å². The number of hydrogen-bond donors (Lipinski definition) is 2. The maximum absolute atomic E-state index is 11.8. The fourth-order valence-corrected chi connectivity index (χ4v) is 3.16. The molecule has 1 aromatic rings. The van der Waals surface area contributed by atoms with Crippen LogP contribution in [0.3, 0.4) is 0 Å². The lowest BCUT2D eigenvalue weighted by Gasteiger charge is -2.40. The minimum atomic E-state index is -0.803. The molecule has 0 radical (unpaired) electrons. The van der Waals surface area contributed by atoms with Crippen LogP contribution in [0.1, 0.15) is 35.4 Å². The fourth-order valence-electron chi connectivity index (χ4n) is 2.20. The minimum Gasteiger partial charge on any atom is -0.481 e. The van der Waals surface area contributed by atoms with Gasteiger partial charge < -0.3 is 10.4 Å². The fraction of sp³-hybridized carbons (Fsp3) is 0.500. The van der Waals surface area contributed by atoms with Gasteiger partial charge in [-0.2, -0.15) is 0 Å². The van der Waals surface area contributed by atoms with Gasteiger partial charge in [-0.25, -0.2) is 0 Å². The van der Waals surface area contributed by atoms with E-state index in [1.54, 1.807) is 12.1 Å². The highest BCUT2D eigenvalue weighted by atomic mass is 35.5. The number of hydrogen-bond acceptors (Lipinski definition) is 3. The number of carboxylic acids is 1. The van der Waals surface area contributed by atoms with E-state index in [0.29, 0.717) is 15.8 Å². The van der Waals surface area contributed by atoms with Gasteiger partial charge in [-0.15, -0.1) is 11.3 Å². The van der Waals surface area contributed by atoms with E-state index in [1.165, 1.54) is 11.3 Å². The molecule has 0 unspecified atom stereocenters. The van der Waals surface area contributed by atoms with E-state index in [2.05, 4.69) is 5.32 Å². The second-order valence-electron chi connectivity index (χ2n) is 4.71. The normalized spacial score (nSPS) is 16.9. The quantitative estimate of drug-likeness (QED) is 0.875. The zero-order valence-electron chi connectivity index (χ0n) is 9.74. The molecule has 6 heteroatoms. The minimum absolute atomic E-state index is 0.123. The Kier molecular flexibility index (Phi) is 3.92. The van der Waals surface area contributed by atoms with Crippen LogP contribution < -0.4 is 5.32 Å². The van der Waals surface area contributed by atoms with Crippen molar-refractivity contribution in [3.8, 4) is 0 Å². The smallest absolute Gasteiger partial charge is 0.303 e. The molecule has 0 aromatic carbocycles. The summed E-state index contributed by atoms with van der Waals surface area (Å²) < 4.78 is 0.573. The summed E-state index contributed by atoms with van der Waals surface area (Å²) >= 11 is 6.99. The first-order valence-corrected chi connectivity index (χ1v) is 6.96. The lowest BCUT2D eigenvalue weighted by atomic mass is 9.66. The molecule has 1 aliphatic carbocycles. The van der Waals surface area contributed by atoms with E-state index < -0.39 is 5.97 Å². The number of thiophene rings is 1. The van der Waals surface area contributed by atoms with Gasteiger partial charge in [0.25, 0.3) is 5.91 Å². The maximum atomic E-state index is 11.8. The summed E-state index contributed by atoms with van der Waals surface area (Å²) in [4.78, 5) is 23.2. The Morgan fingerprint density at radius 2 is 2.17 bits per heavy atom. The maximum Gasteiger partial charge on any atom is 0.303 e. The highest BCUT2D eigenvalue weighted by Crippen LogP contribution is 2.43. The molecule has 1 amide bonds. The highest BCUT2D eigenvalue weighted by Gasteiger charge is 2.39. The molecule has 0 saturated heterocycles. The second kappa shape index (κ2) is 5.28. The van der Waals surface area contributed by atoms with Crippen LogP contribution in [0.4, 0.5) is 0 Å². The van der Waals surface area contributed by atoms with Crippen molar-refractivity contribution in [2.45, 2.75) is 25.7 Å². The monoisotopic (exact) mass is 287 g/mol. The number of carbonyl (C=O) groups excluding carboxylic acids is 1. The summed E-state index contributed by atoms with van der Waals surface area (Å²) in [7, 11) is 0. The number of rotatable bonds is 5. The van der Waals surface area contributed by atoms with Crippen LogP contribution in [0.15, 0.2) is 12.1 Å². The Balaban J connectivity index is 1.90. The molecule has 0 bridgehead atoms. The van der Waals surface area contributed by atoms with E-state index in [9.17, 15) is 9.59 Å². The molecule has 1 aliphatic rings. The van der Waals surface area contributed by atoms with Gasteiger partial charge in [-0.05, 0) is 30.4 Å². The average molecular weight is 288 g/mol. The summed E-state index contributed by atoms with van der Waals surface area (Å²) in [5.41, 5.74) is -0.247. The van der Waals surface area contributed by atoms with Gasteiger partial charge in [0.15, 0.2) is 0 Å². The third-order valence-corrected chi connectivity index (χ3v) is 4.59. The van der Waals surface area contributed by atoms with Crippen molar-refractivity contribution in [2.75, 3.05) is 6.54 Å². The van der Waals surface area contributed by atoms with Crippen molar-refractivity contribution in [3.05, 3.63) is 21.3 Å². The lowest BCUT2D eigenvalue weighted by Crippen LogP contribution is -2.43. The molecular formula is C12H14ClNO3S. The molecular weight excluding hydrogens is 274 g/mol. The largest absolute Gasteiger partial charge is 0.481 e. The van der Waals surface area contributed by atoms with Gasteiger partial charge in [-0.1, -0.05) is 18.0 Å².